The van der Waals surface area contributed by atoms with Gasteiger partial charge in [0.25, 0.3) is 0 Å². The third kappa shape index (κ3) is 2.70. The van der Waals surface area contributed by atoms with Crippen molar-refractivity contribution in [2.45, 2.75) is 25.2 Å². The molecular formula is C22H20BNO3. The fraction of sp³-hybridized carbons (Fsp3) is 0.227. The topological polar surface area (TPSA) is 40.6 Å². The van der Waals surface area contributed by atoms with E-state index in [4.69, 9.17) is 14.0 Å². The van der Waals surface area contributed by atoms with Crippen molar-refractivity contribution in [3.63, 3.8) is 0 Å². The van der Waals surface area contributed by atoms with E-state index in [1.807, 2.05) is 43.5 Å². The van der Waals surface area contributed by atoms with Gasteiger partial charge in [-0.25, -0.2) is 0 Å². The quantitative estimate of drug-likeness (QED) is 0.669. The van der Waals surface area contributed by atoms with E-state index >= 15 is 0 Å². The van der Waals surface area contributed by atoms with Crippen molar-refractivity contribution in [3.05, 3.63) is 77.5 Å². The van der Waals surface area contributed by atoms with Crippen LogP contribution in [0.2, 0.25) is 0 Å². The average Bonchev–Trinajstić information content (AvgIpc) is 3.17. The van der Waals surface area contributed by atoms with Crippen LogP contribution in [0.4, 0.5) is 0 Å². The molecule has 1 saturated heterocycles. The standard InChI is InChI=1S/C22H20BNO3/c1-14(25-2)16-7-3-5-9-18(16)23-26-20-12-11-15-13-24-19-10-6-4-8-17(19)21(15)22(20)27-23/h3-14,20,22H,1-2H3/t14-,20+,22+/m1/s1. The van der Waals surface area contributed by atoms with Gasteiger partial charge in [-0.3, -0.25) is 4.98 Å². The number of hydrogen-bond acceptors (Lipinski definition) is 4. The minimum atomic E-state index is -0.420. The second-order valence-electron chi connectivity index (χ2n) is 7.00. The Morgan fingerprint density at radius 3 is 2.78 bits per heavy atom. The van der Waals surface area contributed by atoms with E-state index in [0.717, 1.165) is 33.1 Å². The molecule has 5 rings (SSSR count). The molecule has 3 atom stereocenters. The van der Waals surface area contributed by atoms with Gasteiger partial charge in [0.1, 0.15) is 0 Å². The van der Waals surface area contributed by atoms with Crippen LogP contribution >= 0.6 is 0 Å². The third-order valence-corrected chi connectivity index (χ3v) is 5.49. The molecule has 1 aliphatic carbocycles. The van der Waals surface area contributed by atoms with Gasteiger partial charge >= 0.3 is 7.12 Å². The smallest absolute Gasteiger partial charge is 0.398 e. The second kappa shape index (κ2) is 6.61. The number of benzene rings is 2. The van der Waals surface area contributed by atoms with Crippen LogP contribution < -0.4 is 5.46 Å². The SMILES string of the molecule is CO[C@H](C)c1ccccc1B1O[C@H]2C=Cc3cnc4ccccc4c3[C@H]2O1. The lowest BCUT2D eigenvalue weighted by Gasteiger charge is -2.23. The third-order valence-electron chi connectivity index (χ3n) is 5.49. The number of methoxy groups -OCH3 is 1. The Kier molecular flexibility index (Phi) is 4.08. The van der Waals surface area contributed by atoms with Crippen molar-refractivity contribution < 1.29 is 14.0 Å². The van der Waals surface area contributed by atoms with E-state index in [1.54, 1.807) is 7.11 Å². The Bertz CT molecular complexity index is 1030. The number of para-hydroxylation sites is 1. The van der Waals surface area contributed by atoms with Crippen LogP contribution in [0, 0.1) is 0 Å². The molecule has 0 radical (unpaired) electrons. The maximum Gasteiger partial charge on any atom is 0.495 e. The van der Waals surface area contributed by atoms with Crippen molar-refractivity contribution in [3.8, 4) is 0 Å². The summed E-state index contributed by atoms with van der Waals surface area (Å²) in [4.78, 5) is 4.57. The molecule has 4 nitrogen and oxygen atoms in total. The number of rotatable bonds is 3. The molecule has 0 unspecified atom stereocenters. The van der Waals surface area contributed by atoms with Crippen molar-refractivity contribution in [2.75, 3.05) is 7.11 Å². The largest absolute Gasteiger partial charge is 0.495 e. The zero-order chi connectivity index (χ0) is 18.4. The molecule has 0 amide bonds. The van der Waals surface area contributed by atoms with Crippen LogP contribution in [-0.4, -0.2) is 25.3 Å². The first-order valence-electron chi connectivity index (χ1n) is 9.24. The molecule has 2 aromatic carbocycles. The summed E-state index contributed by atoms with van der Waals surface area (Å²) in [5, 5.41) is 1.12. The fourth-order valence-electron chi connectivity index (χ4n) is 4.03. The normalized spacial score (nSPS) is 21.9. The summed E-state index contributed by atoms with van der Waals surface area (Å²) >= 11 is 0. The second-order valence-corrected chi connectivity index (χ2v) is 7.00. The number of hydrogen-bond donors (Lipinski definition) is 0. The van der Waals surface area contributed by atoms with Crippen LogP contribution in [0.15, 0.2) is 60.8 Å². The Hall–Kier alpha value is -2.47. The van der Waals surface area contributed by atoms with E-state index in [1.165, 1.54) is 0 Å². The Morgan fingerprint density at radius 2 is 1.89 bits per heavy atom. The van der Waals surface area contributed by atoms with Gasteiger partial charge in [-0.05, 0) is 29.6 Å². The number of nitrogens with zero attached hydrogens (tertiary/aromatic N) is 1. The minimum Gasteiger partial charge on any atom is -0.398 e. The van der Waals surface area contributed by atoms with Crippen LogP contribution in [0.1, 0.15) is 35.8 Å². The Balaban J connectivity index is 1.57. The molecular weight excluding hydrogens is 337 g/mol. The van der Waals surface area contributed by atoms with E-state index in [-0.39, 0.29) is 18.3 Å². The van der Waals surface area contributed by atoms with Gasteiger partial charge in [-0.2, -0.15) is 0 Å². The number of aromatic nitrogens is 1. The summed E-state index contributed by atoms with van der Waals surface area (Å²) in [6.07, 6.45) is 5.80. The molecule has 1 fully saturated rings. The lowest BCUT2D eigenvalue weighted by molar-refractivity contribution is 0.120. The molecule has 0 N–H and O–H groups in total. The van der Waals surface area contributed by atoms with E-state index in [2.05, 4.69) is 35.3 Å². The predicted molar refractivity (Wildman–Crippen MR) is 107 cm³/mol. The van der Waals surface area contributed by atoms with Gasteiger partial charge in [0.05, 0.1) is 23.8 Å². The average molecular weight is 357 g/mol. The van der Waals surface area contributed by atoms with Crippen LogP contribution in [0.5, 0.6) is 0 Å². The van der Waals surface area contributed by atoms with Crippen molar-refractivity contribution in [1.82, 2.24) is 4.98 Å². The molecule has 2 aliphatic rings. The molecule has 3 aromatic rings. The molecule has 1 aliphatic heterocycles. The predicted octanol–water partition coefficient (Wildman–Crippen LogP) is 3.82. The highest BCUT2D eigenvalue weighted by Gasteiger charge is 2.44. The molecule has 27 heavy (non-hydrogen) atoms. The fourth-order valence-corrected chi connectivity index (χ4v) is 4.03. The molecule has 0 bridgehead atoms. The lowest BCUT2D eigenvalue weighted by Crippen LogP contribution is -2.36. The Morgan fingerprint density at radius 1 is 1.07 bits per heavy atom. The van der Waals surface area contributed by atoms with Gasteiger partial charge in [-0.1, -0.05) is 54.6 Å². The highest BCUT2D eigenvalue weighted by Crippen LogP contribution is 2.41. The summed E-state index contributed by atoms with van der Waals surface area (Å²) in [6, 6.07) is 16.4. The molecule has 0 saturated carbocycles. The number of pyridine rings is 1. The monoisotopic (exact) mass is 357 g/mol. The van der Waals surface area contributed by atoms with Gasteiger partial charge in [0.2, 0.25) is 0 Å². The first kappa shape index (κ1) is 16.7. The summed E-state index contributed by atoms with van der Waals surface area (Å²) in [7, 11) is 1.30. The lowest BCUT2D eigenvalue weighted by atomic mass is 9.75. The molecule has 5 heteroatoms. The summed E-state index contributed by atoms with van der Waals surface area (Å²) < 4.78 is 18.3. The first-order valence-corrected chi connectivity index (χ1v) is 9.24. The maximum absolute atomic E-state index is 6.46. The van der Waals surface area contributed by atoms with Crippen LogP contribution in [0.3, 0.4) is 0 Å². The molecule has 0 spiro atoms. The highest BCUT2D eigenvalue weighted by atomic mass is 16.7. The molecule has 134 valence electrons. The molecule has 2 heterocycles. The van der Waals surface area contributed by atoms with Gasteiger partial charge in [0, 0.05) is 24.3 Å². The van der Waals surface area contributed by atoms with Gasteiger partial charge in [0.15, 0.2) is 0 Å². The molecule has 1 aromatic heterocycles. The number of ether oxygens (including phenoxy) is 1. The Labute approximate surface area is 158 Å². The van der Waals surface area contributed by atoms with Crippen molar-refractivity contribution >= 4 is 29.6 Å². The van der Waals surface area contributed by atoms with Gasteiger partial charge < -0.3 is 14.0 Å². The van der Waals surface area contributed by atoms with Crippen LogP contribution in [-0.2, 0) is 14.0 Å². The van der Waals surface area contributed by atoms with Crippen LogP contribution in [0.25, 0.3) is 17.0 Å². The van der Waals surface area contributed by atoms with E-state index in [9.17, 15) is 0 Å². The zero-order valence-electron chi connectivity index (χ0n) is 15.3. The van der Waals surface area contributed by atoms with E-state index < -0.39 is 7.12 Å². The zero-order valence-corrected chi connectivity index (χ0v) is 15.3. The summed E-state index contributed by atoms with van der Waals surface area (Å²) in [5.41, 5.74) is 5.35. The highest BCUT2D eigenvalue weighted by molar-refractivity contribution is 6.62. The summed E-state index contributed by atoms with van der Waals surface area (Å²) in [6.45, 7) is 2.04. The maximum atomic E-state index is 6.46. The van der Waals surface area contributed by atoms with Crippen molar-refractivity contribution in [2.24, 2.45) is 0 Å². The van der Waals surface area contributed by atoms with Gasteiger partial charge in [-0.15, -0.1) is 0 Å². The van der Waals surface area contributed by atoms with Crippen molar-refractivity contribution in [1.29, 1.82) is 0 Å². The van der Waals surface area contributed by atoms with E-state index in [0.29, 0.717) is 0 Å². The number of fused-ring (bicyclic) bond motifs is 5. The minimum absolute atomic E-state index is 0.0242. The summed E-state index contributed by atoms with van der Waals surface area (Å²) in [5.74, 6) is 0. The first-order chi connectivity index (χ1) is 13.3.